The molecule has 1 aliphatic rings. The van der Waals surface area contributed by atoms with E-state index in [0.717, 1.165) is 30.2 Å². The summed E-state index contributed by atoms with van der Waals surface area (Å²) in [4.78, 5) is 25.6. The molecule has 2 aromatic rings. The Morgan fingerprint density at radius 3 is 3.07 bits per heavy atom. The van der Waals surface area contributed by atoms with Crippen molar-refractivity contribution in [1.29, 1.82) is 0 Å². The molecule has 7 heteroatoms. The van der Waals surface area contributed by atoms with E-state index in [4.69, 9.17) is 0 Å². The minimum Gasteiger partial charge on any atom is -0.365 e. The third-order valence-electron chi connectivity index (χ3n) is 4.89. The number of amides is 1. The second-order valence-corrected chi connectivity index (χ2v) is 6.86. The van der Waals surface area contributed by atoms with E-state index in [1.807, 2.05) is 18.7 Å². The maximum absolute atomic E-state index is 13.7. The number of rotatable bonds is 5. The summed E-state index contributed by atoms with van der Waals surface area (Å²) in [5.74, 6) is 0.423. The second kappa shape index (κ2) is 8.82. The van der Waals surface area contributed by atoms with Crippen LogP contribution in [0.25, 0.3) is 23.5 Å². The molecule has 1 saturated heterocycles. The fourth-order valence-electron chi connectivity index (χ4n) is 3.57. The van der Waals surface area contributed by atoms with Crippen molar-refractivity contribution in [3.63, 3.8) is 0 Å². The highest BCUT2D eigenvalue weighted by atomic mass is 19.1. The van der Waals surface area contributed by atoms with Gasteiger partial charge in [0.15, 0.2) is 0 Å². The van der Waals surface area contributed by atoms with Crippen LogP contribution in [0, 0.1) is 5.82 Å². The van der Waals surface area contributed by atoms with Crippen molar-refractivity contribution < 1.29 is 9.18 Å². The lowest BCUT2D eigenvalue weighted by atomic mass is 10.0. The monoisotopic (exact) mass is 383 g/mol. The Bertz CT molecular complexity index is 981. The zero-order valence-electron chi connectivity index (χ0n) is 16.3. The van der Waals surface area contributed by atoms with Gasteiger partial charge in [0, 0.05) is 65.9 Å². The Balaban J connectivity index is 2.00. The maximum atomic E-state index is 13.7. The molecule has 1 fully saturated rings. The van der Waals surface area contributed by atoms with Gasteiger partial charge in [-0.25, -0.2) is 9.38 Å². The van der Waals surface area contributed by atoms with E-state index in [2.05, 4.69) is 26.9 Å². The molecule has 1 aliphatic heterocycles. The molecule has 148 valence electrons. The second-order valence-electron chi connectivity index (χ2n) is 6.86. The lowest BCUT2D eigenvalue weighted by Crippen LogP contribution is -2.48. The molecule has 2 aromatic heterocycles. The van der Waals surface area contributed by atoms with E-state index in [-0.39, 0.29) is 11.9 Å². The summed E-state index contributed by atoms with van der Waals surface area (Å²) >= 11 is 0. The minimum atomic E-state index is -0.398. The first-order valence-corrected chi connectivity index (χ1v) is 9.58. The van der Waals surface area contributed by atoms with Gasteiger partial charge in [0.05, 0.1) is 6.20 Å². The van der Waals surface area contributed by atoms with Crippen molar-refractivity contribution in [1.82, 2.24) is 20.2 Å². The van der Waals surface area contributed by atoms with E-state index in [1.54, 1.807) is 18.6 Å². The zero-order valence-corrected chi connectivity index (χ0v) is 16.3. The van der Waals surface area contributed by atoms with Crippen LogP contribution in [0.15, 0.2) is 29.6 Å². The average molecular weight is 383 g/mol. The van der Waals surface area contributed by atoms with Crippen LogP contribution in [0.3, 0.4) is 0 Å². The van der Waals surface area contributed by atoms with Crippen molar-refractivity contribution in [2.45, 2.75) is 39.2 Å². The Kier molecular flexibility index (Phi) is 6.23. The predicted molar refractivity (Wildman–Crippen MR) is 109 cm³/mol. The SMILES string of the molecule is C=c1[nH]cc(-c2cncc(F)c2)/c1=C(/N=C\C)N[C@@H]1CCCN(C(=O)CC)C1. The van der Waals surface area contributed by atoms with Crippen LogP contribution in [0.5, 0.6) is 0 Å². The summed E-state index contributed by atoms with van der Waals surface area (Å²) in [6.45, 7) is 9.23. The van der Waals surface area contributed by atoms with Gasteiger partial charge in [0.1, 0.15) is 11.6 Å². The Labute approximate surface area is 163 Å². The molecule has 0 radical (unpaired) electrons. The Morgan fingerprint density at radius 2 is 2.36 bits per heavy atom. The first kappa shape index (κ1) is 19.8. The molecule has 3 heterocycles. The van der Waals surface area contributed by atoms with E-state index >= 15 is 0 Å². The lowest BCUT2D eigenvalue weighted by Gasteiger charge is -2.33. The molecule has 0 aromatic carbocycles. The standard InChI is InChI=1S/C21H26FN5O/c1-4-19(28)27-8-6-7-17(13-27)26-21(24-5-2)20-14(3)25-12-18(20)15-9-16(22)11-23-10-15/h5,9-12,17,25-26H,3-4,6-8,13H2,1-2H3/b21-20-,24-5-/t17-/m1/s1. The Hall–Kier alpha value is -2.96. The van der Waals surface area contributed by atoms with E-state index in [9.17, 15) is 9.18 Å². The predicted octanol–water partition coefficient (Wildman–Crippen LogP) is 1.77. The third kappa shape index (κ3) is 4.30. The molecule has 0 spiro atoms. The third-order valence-corrected chi connectivity index (χ3v) is 4.89. The molecule has 28 heavy (non-hydrogen) atoms. The molecule has 1 amide bonds. The highest BCUT2D eigenvalue weighted by Crippen LogP contribution is 2.16. The van der Waals surface area contributed by atoms with Crippen LogP contribution in [0.2, 0.25) is 0 Å². The van der Waals surface area contributed by atoms with E-state index in [1.165, 1.54) is 12.3 Å². The number of aromatic nitrogens is 2. The molecule has 6 nitrogen and oxygen atoms in total. The number of hydrogen-bond acceptors (Lipinski definition) is 4. The topological polar surface area (TPSA) is 73.4 Å². The van der Waals surface area contributed by atoms with Crippen molar-refractivity contribution >= 4 is 24.5 Å². The van der Waals surface area contributed by atoms with Crippen molar-refractivity contribution in [3.8, 4) is 11.1 Å². The summed E-state index contributed by atoms with van der Waals surface area (Å²) in [5, 5.41) is 4.95. The molecule has 1 atom stereocenters. The van der Waals surface area contributed by atoms with Gasteiger partial charge in [-0.1, -0.05) is 13.5 Å². The normalized spacial score (nSPS) is 18.4. The number of nitrogens with one attached hydrogen (secondary N) is 2. The number of carbonyl (C=O) groups excluding carboxylic acids is 1. The zero-order chi connectivity index (χ0) is 20.1. The summed E-state index contributed by atoms with van der Waals surface area (Å²) in [7, 11) is 0. The minimum absolute atomic E-state index is 0.0933. The first-order chi connectivity index (χ1) is 13.5. The smallest absolute Gasteiger partial charge is 0.222 e. The number of aromatic amines is 1. The average Bonchev–Trinajstić information content (AvgIpc) is 3.08. The Morgan fingerprint density at radius 1 is 1.54 bits per heavy atom. The molecular weight excluding hydrogens is 357 g/mol. The van der Waals surface area contributed by atoms with Crippen LogP contribution in [-0.4, -0.2) is 46.1 Å². The number of hydrogen-bond donors (Lipinski definition) is 2. The molecule has 2 N–H and O–H groups in total. The summed E-state index contributed by atoms with van der Waals surface area (Å²) < 4.78 is 13.7. The van der Waals surface area contributed by atoms with Gasteiger partial charge in [0.25, 0.3) is 0 Å². The lowest BCUT2D eigenvalue weighted by molar-refractivity contribution is -0.132. The molecule has 0 saturated carbocycles. The fraction of sp³-hybridized carbons (Fsp3) is 0.381. The molecule has 0 unspecified atom stereocenters. The summed E-state index contributed by atoms with van der Waals surface area (Å²) in [5.41, 5.74) is 1.43. The number of halogens is 1. The number of pyridine rings is 1. The number of nitrogens with zero attached hydrogens (tertiary/aromatic N) is 3. The maximum Gasteiger partial charge on any atom is 0.222 e. The summed E-state index contributed by atoms with van der Waals surface area (Å²) in [6, 6.07) is 1.53. The fourth-order valence-corrected chi connectivity index (χ4v) is 3.57. The van der Waals surface area contributed by atoms with Crippen LogP contribution < -0.4 is 15.9 Å². The van der Waals surface area contributed by atoms with Crippen LogP contribution in [0.4, 0.5) is 4.39 Å². The summed E-state index contributed by atoms with van der Waals surface area (Å²) in [6.07, 6.45) is 8.69. The van der Waals surface area contributed by atoms with Crippen molar-refractivity contribution in [2.24, 2.45) is 4.99 Å². The van der Waals surface area contributed by atoms with Gasteiger partial charge in [-0.3, -0.25) is 9.78 Å². The van der Waals surface area contributed by atoms with Crippen molar-refractivity contribution in [2.75, 3.05) is 13.1 Å². The van der Waals surface area contributed by atoms with Gasteiger partial charge in [-0.05, 0) is 25.8 Å². The highest BCUT2D eigenvalue weighted by Gasteiger charge is 2.23. The van der Waals surface area contributed by atoms with Gasteiger partial charge >= 0.3 is 0 Å². The largest absolute Gasteiger partial charge is 0.365 e. The van der Waals surface area contributed by atoms with Crippen molar-refractivity contribution in [3.05, 3.63) is 41.0 Å². The van der Waals surface area contributed by atoms with E-state index < -0.39 is 5.82 Å². The number of H-pyrrole nitrogens is 1. The van der Waals surface area contributed by atoms with Crippen LogP contribution in [-0.2, 0) is 4.79 Å². The van der Waals surface area contributed by atoms with Crippen LogP contribution >= 0.6 is 0 Å². The molecule has 0 aliphatic carbocycles. The molecule has 3 rings (SSSR count). The van der Waals surface area contributed by atoms with Gasteiger partial charge in [0.2, 0.25) is 5.91 Å². The number of piperidine rings is 1. The van der Waals surface area contributed by atoms with Gasteiger partial charge in [-0.2, -0.15) is 0 Å². The quantitative estimate of drug-likeness (QED) is 0.773. The number of carbonyl (C=O) groups is 1. The van der Waals surface area contributed by atoms with Gasteiger partial charge < -0.3 is 15.2 Å². The van der Waals surface area contributed by atoms with E-state index in [0.29, 0.717) is 29.7 Å². The highest BCUT2D eigenvalue weighted by molar-refractivity contribution is 5.76. The molecule has 0 bridgehead atoms. The van der Waals surface area contributed by atoms with Crippen LogP contribution in [0.1, 0.15) is 33.1 Å². The molecular formula is C21H26FN5O. The number of likely N-dealkylation sites (tertiary alicyclic amines) is 1. The van der Waals surface area contributed by atoms with Gasteiger partial charge in [-0.15, -0.1) is 0 Å². The number of aliphatic imine (C=N–C) groups is 1. The first-order valence-electron chi connectivity index (χ1n) is 9.58.